The molecule has 3 nitrogen and oxygen atoms in total. The van der Waals surface area contributed by atoms with Gasteiger partial charge in [-0.2, -0.15) is 0 Å². The smallest absolute Gasteiger partial charge is 0.142 e. The Kier molecular flexibility index (Phi) is 3.41. The van der Waals surface area contributed by atoms with Gasteiger partial charge in [0.1, 0.15) is 5.75 Å². The van der Waals surface area contributed by atoms with Gasteiger partial charge in [-0.1, -0.05) is 12.1 Å². The van der Waals surface area contributed by atoms with Crippen molar-refractivity contribution >= 4 is 5.69 Å². The summed E-state index contributed by atoms with van der Waals surface area (Å²) in [5, 5.41) is 3.65. The Bertz CT molecular complexity index is 407. The molecule has 2 aliphatic rings. The quantitative estimate of drug-likeness (QED) is 0.886. The van der Waals surface area contributed by atoms with Crippen molar-refractivity contribution in [3.05, 3.63) is 24.3 Å². The van der Waals surface area contributed by atoms with Crippen LogP contribution in [0.5, 0.6) is 5.75 Å². The van der Waals surface area contributed by atoms with Gasteiger partial charge in [0.25, 0.3) is 0 Å². The molecule has 1 aromatic rings. The molecule has 2 unspecified atom stereocenters. The molecular weight excluding hydrogens is 224 g/mol. The first-order valence-corrected chi connectivity index (χ1v) is 7.12. The number of piperazine rings is 1. The summed E-state index contributed by atoms with van der Waals surface area (Å²) >= 11 is 0. The first-order chi connectivity index (χ1) is 8.90. The van der Waals surface area contributed by atoms with Crippen molar-refractivity contribution in [1.82, 2.24) is 5.32 Å². The van der Waals surface area contributed by atoms with Crippen LogP contribution < -0.4 is 15.0 Å². The van der Waals surface area contributed by atoms with E-state index in [1.807, 2.05) is 6.92 Å². The molecule has 98 valence electrons. The predicted molar refractivity (Wildman–Crippen MR) is 74.4 cm³/mol. The fourth-order valence-corrected chi connectivity index (χ4v) is 3.36. The second-order valence-corrected chi connectivity index (χ2v) is 5.15. The van der Waals surface area contributed by atoms with E-state index >= 15 is 0 Å². The average Bonchev–Trinajstić information content (AvgIpc) is 2.88. The van der Waals surface area contributed by atoms with E-state index in [4.69, 9.17) is 4.74 Å². The number of fused-ring (bicyclic) bond motifs is 1. The summed E-state index contributed by atoms with van der Waals surface area (Å²) in [6.45, 7) is 4.96. The normalized spacial score (nSPS) is 27.1. The number of hydrogen-bond acceptors (Lipinski definition) is 3. The lowest BCUT2D eigenvalue weighted by Crippen LogP contribution is -2.55. The van der Waals surface area contributed by atoms with Gasteiger partial charge in [-0.15, -0.1) is 0 Å². The van der Waals surface area contributed by atoms with Crippen molar-refractivity contribution in [2.24, 2.45) is 0 Å². The van der Waals surface area contributed by atoms with Crippen molar-refractivity contribution in [1.29, 1.82) is 0 Å². The molecule has 1 saturated carbocycles. The van der Waals surface area contributed by atoms with Gasteiger partial charge in [0.2, 0.25) is 0 Å². The van der Waals surface area contributed by atoms with E-state index in [1.54, 1.807) is 0 Å². The van der Waals surface area contributed by atoms with E-state index in [0.29, 0.717) is 12.1 Å². The zero-order valence-corrected chi connectivity index (χ0v) is 11.1. The molecule has 0 spiro atoms. The highest BCUT2D eigenvalue weighted by Gasteiger charge is 2.35. The standard InChI is InChI=1S/C15H22N2O/c1-2-18-15-9-4-3-7-14(15)17-11-10-16-12-6-5-8-13(12)17/h3-4,7,9,12-13,16H,2,5-6,8,10-11H2,1H3. The number of nitrogens with zero attached hydrogens (tertiary/aromatic N) is 1. The molecule has 0 amide bonds. The maximum absolute atomic E-state index is 5.78. The average molecular weight is 246 g/mol. The lowest BCUT2D eigenvalue weighted by atomic mass is 10.1. The Labute approximate surface area is 109 Å². The second-order valence-electron chi connectivity index (χ2n) is 5.15. The molecule has 0 aromatic heterocycles. The van der Waals surface area contributed by atoms with Crippen LogP contribution in [0.3, 0.4) is 0 Å². The van der Waals surface area contributed by atoms with Crippen molar-refractivity contribution in [2.75, 3.05) is 24.6 Å². The maximum Gasteiger partial charge on any atom is 0.142 e. The second kappa shape index (κ2) is 5.19. The van der Waals surface area contributed by atoms with Gasteiger partial charge >= 0.3 is 0 Å². The van der Waals surface area contributed by atoms with Crippen LogP contribution in [0, 0.1) is 0 Å². The number of benzene rings is 1. The minimum atomic E-state index is 0.653. The monoisotopic (exact) mass is 246 g/mol. The van der Waals surface area contributed by atoms with Crippen molar-refractivity contribution in [3.63, 3.8) is 0 Å². The van der Waals surface area contributed by atoms with E-state index in [2.05, 4.69) is 34.5 Å². The van der Waals surface area contributed by atoms with Crippen LogP contribution in [0.15, 0.2) is 24.3 Å². The molecule has 1 heterocycles. The minimum absolute atomic E-state index is 0.653. The lowest BCUT2D eigenvalue weighted by molar-refractivity contribution is 0.335. The Balaban J connectivity index is 1.88. The third-order valence-corrected chi connectivity index (χ3v) is 4.11. The van der Waals surface area contributed by atoms with Crippen LogP contribution in [0.2, 0.25) is 0 Å². The lowest BCUT2D eigenvalue weighted by Gasteiger charge is -2.40. The Morgan fingerprint density at radius 3 is 3.11 bits per heavy atom. The third kappa shape index (κ3) is 2.07. The van der Waals surface area contributed by atoms with Gasteiger partial charge in [-0.05, 0) is 38.3 Å². The number of rotatable bonds is 3. The summed E-state index contributed by atoms with van der Waals surface area (Å²) in [4.78, 5) is 2.55. The summed E-state index contributed by atoms with van der Waals surface area (Å²) in [5.41, 5.74) is 1.28. The van der Waals surface area contributed by atoms with Crippen LogP contribution in [-0.4, -0.2) is 31.8 Å². The molecule has 1 aliphatic heterocycles. The molecule has 3 rings (SSSR count). The highest BCUT2D eigenvalue weighted by Crippen LogP contribution is 2.35. The van der Waals surface area contributed by atoms with Gasteiger partial charge in [0.15, 0.2) is 0 Å². The van der Waals surface area contributed by atoms with Crippen LogP contribution in [-0.2, 0) is 0 Å². The number of nitrogens with one attached hydrogen (secondary N) is 1. The van der Waals surface area contributed by atoms with Crippen molar-refractivity contribution in [3.8, 4) is 5.75 Å². The van der Waals surface area contributed by atoms with Gasteiger partial charge in [-0.25, -0.2) is 0 Å². The summed E-state index contributed by atoms with van der Waals surface area (Å²) in [6, 6.07) is 9.79. The number of anilines is 1. The zero-order chi connectivity index (χ0) is 12.4. The summed E-state index contributed by atoms with van der Waals surface area (Å²) in [5.74, 6) is 1.03. The maximum atomic E-state index is 5.78. The first-order valence-electron chi connectivity index (χ1n) is 7.12. The van der Waals surface area contributed by atoms with Crippen LogP contribution in [0.4, 0.5) is 5.69 Å². The highest BCUT2D eigenvalue weighted by atomic mass is 16.5. The molecule has 0 bridgehead atoms. The zero-order valence-electron chi connectivity index (χ0n) is 11.1. The molecule has 2 atom stereocenters. The van der Waals surface area contributed by atoms with E-state index < -0.39 is 0 Å². The van der Waals surface area contributed by atoms with Gasteiger partial charge in [0.05, 0.1) is 12.3 Å². The van der Waals surface area contributed by atoms with Crippen LogP contribution in [0.1, 0.15) is 26.2 Å². The van der Waals surface area contributed by atoms with Crippen molar-refractivity contribution < 1.29 is 4.74 Å². The summed E-state index contributed by atoms with van der Waals surface area (Å²) in [6.07, 6.45) is 3.96. The fourth-order valence-electron chi connectivity index (χ4n) is 3.36. The molecular formula is C15H22N2O. The molecule has 0 radical (unpaired) electrons. The largest absolute Gasteiger partial charge is 0.492 e. The Morgan fingerprint density at radius 2 is 2.22 bits per heavy atom. The minimum Gasteiger partial charge on any atom is -0.492 e. The van der Waals surface area contributed by atoms with E-state index in [9.17, 15) is 0 Å². The van der Waals surface area contributed by atoms with E-state index in [0.717, 1.165) is 25.4 Å². The fraction of sp³-hybridized carbons (Fsp3) is 0.600. The molecule has 2 fully saturated rings. The molecule has 1 N–H and O–H groups in total. The Hall–Kier alpha value is -1.22. The first kappa shape index (κ1) is 11.8. The summed E-state index contributed by atoms with van der Waals surface area (Å²) < 4.78 is 5.78. The topological polar surface area (TPSA) is 24.5 Å². The number of ether oxygens (including phenoxy) is 1. The predicted octanol–water partition coefficient (Wildman–Crippen LogP) is 2.42. The van der Waals surface area contributed by atoms with Crippen molar-refractivity contribution in [2.45, 2.75) is 38.3 Å². The molecule has 1 aromatic carbocycles. The van der Waals surface area contributed by atoms with Gasteiger partial charge in [-0.3, -0.25) is 0 Å². The molecule has 3 heteroatoms. The van der Waals surface area contributed by atoms with Crippen LogP contribution >= 0.6 is 0 Å². The Morgan fingerprint density at radius 1 is 1.33 bits per heavy atom. The van der Waals surface area contributed by atoms with Crippen LogP contribution in [0.25, 0.3) is 0 Å². The van der Waals surface area contributed by atoms with Gasteiger partial charge < -0.3 is 15.0 Å². The highest BCUT2D eigenvalue weighted by molar-refractivity contribution is 5.60. The van der Waals surface area contributed by atoms with E-state index in [1.165, 1.54) is 24.9 Å². The molecule has 1 aliphatic carbocycles. The molecule has 18 heavy (non-hydrogen) atoms. The molecule has 1 saturated heterocycles. The summed E-state index contributed by atoms with van der Waals surface area (Å²) in [7, 11) is 0. The van der Waals surface area contributed by atoms with Gasteiger partial charge in [0, 0.05) is 25.2 Å². The van der Waals surface area contributed by atoms with E-state index in [-0.39, 0.29) is 0 Å². The number of hydrogen-bond donors (Lipinski definition) is 1. The SMILES string of the molecule is CCOc1ccccc1N1CCNC2CCCC21. The third-order valence-electron chi connectivity index (χ3n) is 4.11. The number of para-hydroxylation sites is 2.